The maximum absolute atomic E-state index is 5.33. The van der Waals surface area contributed by atoms with Crippen LogP contribution in [0.25, 0.3) is 63.0 Å². The zero-order valence-electron chi connectivity index (χ0n) is 26.1. The standard InChI is InChI=1S/C43H32N2S2/c1-3-37(31-15-8-5-9-16-31)44-38(25-21-28(2)29-13-6-4-7-14-29)32-23-22-30-24-26-40-41(36(30)27-32)45-43(47-40)35-19-12-18-34-33-17-10-11-20-39(33)46-42(34)35/h4-20,22-27H,2-3,21H2,1H3/b38-25-,44-37?. The lowest BCUT2D eigenvalue weighted by Crippen LogP contribution is -1.99. The third kappa shape index (κ3) is 5.61. The van der Waals surface area contributed by atoms with Gasteiger partial charge in [-0.1, -0.05) is 135 Å². The highest BCUT2D eigenvalue weighted by Crippen LogP contribution is 2.43. The van der Waals surface area contributed by atoms with Crippen LogP contribution < -0.4 is 0 Å². The molecule has 0 bridgehead atoms. The van der Waals surface area contributed by atoms with Gasteiger partial charge in [-0.3, -0.25) is 4.99 Å². The molecule has 0 aliphatic heterocycles. The van der Waals surface area contributed by atoms with Crippen molar-refractivity contribution < 1.29 is 0 Å². The van der Waals surface area contributed by atoms with E-state index in [1.165, 1.54) is 35.8 Å². The molecule has 6 aromatic carbocycles. The summed E-state index contributed by atoms with van der Waals surface area (Å²) in [5.74, 6) is 0. The van der Waals surface area contributed by atoms with E-state index >= 15 is 0 Å². The molecule has 0 amide bonds. The van der Waals surface area contributed by atoms with E-state index in [9.17, 15) is 0 Å². The van der Waals surface area contributed by atoms with Crippen molar-refractivity contribution in [2.45, 2.75) is 19.8 Å². The fourth-order valence-corrected chi connectivity index (χ4v) is 8.56. The van der Waals surface area contributed by atoms with Crippen molar-refractivity contribution in [2.24, 2.45) is 4.99 Å². The van der Waals surface area contributed by atoms with Crippen LogP contribution in [0.2, 0.25) is 0 Å². The molecule has 4 heteroatoms. The Morgan fingerprint density at radius 1 is 0.681 bits per heavy atom. The fraction of sp³-hybridized carbons (Fsp3) is 0.0698. The molecule has 0 N–H and O–H groups in total. The third-order valence-corrected chi connectivity index (χ3v) is 11.0. The van der Waals surface area contributed by atoms with E-state index in [2.05, 4.69) is 147 Å². The first kappa shape index (κ1) is 29.3. The van der Waals surface area contributed by atoms with Crippen molar-refractivity contribution in [3.8, 4) is 10.6 Å². The Balaban J connectivity index is 1.26. The maximum Gasteiger partial charge on any atom is 0.126 e. The summed E-state index contributed by atoms with van der Waals surface area (Å²) in [7, 11) is 0. The Morgan fingerprint density at radius 3 is 2.21 bits per heavy atom. The minimum absolute atomic E-state index is 0.705. The number of nitrogens with zero attached hydrogens (tertiary/aromatic N) is 2. The average molecular weight is 641 g/mol. The summed E-state index contributed by atoms with van der Waals surface area (Å²) in [6, 6.07) is 47.3. The lowest BCUT2D eigenvalue weighted by atomic mass is 10.0. The lowest BCUT2D eigenvalue weighted by molar-refractivity contribution is 1.26. The molecule has 2 heterocycles. The van der Waals surface area contributed by atoms with Crippen LogP contribution in [-0.2, 0) is 0 Å². The zero-order valence-corrected chi connectivity index (χ0v) is 27.7. The van der Waals surface area contributed by atoms with Crippen LogP contribution in [0, 0.1) is 0 Å². The molecule has 226 valence electrons. The minimum Gasteiger partial charge on any atom is -0.253 e. The van der Waals surface area contributed by atoms with E-state index in [0.29, 0.717) is 6.42 Å². The monoisotopic (exact) mass is 640 g/mol. The van der Waals surface area contributed by atoms with Crippen molar-refractivity contribution in [1.29, 1.82) is 0 Å². The molecule has 8 aromatic rings. The van der Waals surface area contributed by atoms with Gasteiger partial charge in [0, 0.05) is 42.4 Å². The molecule has 8 rings (SSSR count). The van der Waals surface area contributed by atoms with Crippen LogP contribution in [-0.4, -0.2) is 10.7 Å². The molecule has 0 atom stereocenters. The highest BCUT2D eigenvalue weighted by Gasteiger charge is 2.16. The molecular formula is C43H32N2S2. The van der Waals surface area contributed by atoms with Crippen molar-refractivity contribution in [3.63, 3.8) is 0 Å². The maximum atomic E-state index is 5.33. The first-order valence-electron chi connectivity index (χ1n) is 16.0. The molecule has 0 spiro atoms. The van der Waals surface area contributed by atoms with Gasteiger partial charge in [0.05, 0.1) is 15.9 Å². The number of hydrogen-bond acceptors (Lipinski definition) is 4. The van der Waals surface area contributed by atoms with E-state index in [4.69, 9.17) is 9.98 Å². The quantitative estimate of drug-likeness (QED) is 0.152. The molecule has 0 aliphatic carbocycles. The Hall–Kier alpha value is -5.16. The molecular weight excluding hydrogens is 609 g/mol. The Bertz CT molecular complexity index is 2480. The SMILES string of the molecule is C=C(C/C=C(\N=C(CC)c1ccccc1)c1ccc2ccc3sc(-c4cccc5c4sc4ccccc45)nc3c2c1)c1ccccc1. The minimum atomic E-state index is 0.705. The van der Waals surface area contributed by atoms with E-state index in [-0.39, 0.29) is 0 Å². The van der Waals surface area contributed by atoms with Crippen molar-refractivity contribution in [1.82, 2.24) is 4.98 Å². The first-order valence-corrected chi connectivity index (χ1v) is 17.6. The average Bonchev–Trinajstić information content (AvgIpc) is 3.74. The third-order valence-electron chi connectivity index (χ3n) is 8.73. The van der Waals surface area contributed by atoms with Crippen LogP contribution in [0.15, 0.2) is 151 Å². The van der Waals surface area contributed by atoms with Crippen molar-refractivity contribution in [2.75, 3.05) is 0 Å². The van der Waals surface area contributed by atoms with E-state index in [0.717, 1.165) is 56.0 Å². The summed E-state index contributed by atoms with van der Waals surface area (Å²) in [5.41, 5.74) is 8.69. The topological polar surface area (TPSA) is 25.2 Å². The number of aromatic nitrogens is 1. The smallest absolute Gasteiger partial charge is 0.126 e. The van der Waals surface area contributed by atoms with Gasteiger partial charge >= 0.3 is 0 Å². The Kier molecular flexibility index (Phi) is 7.82. The summed E-state index contributed by atoms with van der Waals surface area (Å²) in [4.78, 5) is 10.6. The van der Waals surface area contributed by atoms with Gasteiger partial charge in [0.15, 0.2) is 0 Å². The Morgan fingerprint density at radius 2 is 1.40 bits per heavy atom. The number of fused-ring (bicyclic) bond motifs is 6. The molecule has 0 radical (unpaired) electrons. The van der Waals surface area contributed by atoms with Gasteiger partial charge in [-0.05, 0) is 53.1 Å². The van der Waals surface area contributed by atoms with Crippen LogP contribution in [0.5, 0.6) is 0 Å². The van der Waals surface area contributed by atoms with Gasteiger partial charge in [0.25, 0.3) is 0 Å². The van der Waals surface area contributed by atoms with Gasteiger partial charge in [-0.15, -0.1) is 22.7 Å². The van der Waals surface area contributed by atoms with E-state index in [1.807, 2.05) is 17.4 Å². The second kappa shape index (κ2) is 12.6. The fourth-order valence-electron chi connectivity index (χ4n) is 6.26. The predicted molar refractivity (Wildman–Crippen MR) is 207 cm³/mol. The number of hydrogen-bond donors (Lipinski definition) is 0. The lowest BCUT2D eigenvalue weighted by Gasteiger charge is -2.11. The highest BCUT2D eigenvalue weighted by molar-refractivity contribution is 7.27. The summed E-state index contributed by atoms with van der Waals surface area (Å²) >= 11 is 3.62. The highest BCUT2D eigenvalue weighted by atomic mass is 32.1. The van der Waals surface area contributed by atoms with Crippen LogP contribution >= 0.6 is 22.7 Å². The summed E-state index contributed by atoms with van der Waals surface area (Å²) in [5, 5.41) is 5.98. The number of thiazole rings is 1. The van der Waals surface area contributed by atoms with Gasteiger partial charge in [0.2, 0.25) is 0 Å². The molecule has 2 aromatic heterocycles. The molecule has 47 heavy (non-hydrogen) atoms. The van der Waals surface area contributed by atoms with E-state index in [1.54, 1.807) is 11.3 Å². The number of allylic oxidation sites excluding steroid dienone is 2. The van der Waals surface area contributed by atoms with Crippen molar-refractivity contribution in [3.05, 3.63) is 163 Å². The largest absolute Gasteiger partial charge is 0.253 e. The molecule has 0 unspecified atom stereocenters. The number of aliphatic imine (C=N–C) groups is 1. The van der Waals surface area contributed by atoms with Gasteiger partial charge < -0.3 is 0 Å². The van der Waals surface area contributed by atoms with Crippen LogP contribution in [0.4, 0.5) is 0 Å². The summed E-state index contributed by atoms with van der Waals surface area (Å²) in [6.07, 6.45) is 3.76. The molecule has 0 saturated carbocycles. The molecule has 0 aliphatic rings. The molecule has 2 nitrogen and oxygen atoms in total. The van der Waals surface area contributed by atoms with Gasteiger partial charge in [0.1, 0.15) is 5.01 Å². The van der Waals surface area contributed by atoms with E-state index < -0.39 is 0 Å². The van der Waals surface area contributed by atoms with Crippen LogP contribution in [0.1, 0.15) is 36.5 Å². The number of thiophene rings is 1. The van der Waals surface area contributed by atoms with Crippen LogP contribution in [0.3, 0.4) is 0 Å². The summed E-state index contributed by atoms with van der Waals surface area (Å²) in [6.45, 7) is 6.58. The second-order valence-electron chi connectivity index (χ2n) is 11.7. The normalized spacial score (nSPS) is 12.4. The van der Waals surface area contributed by atoms with Gasteiger partial charge in [-0.2, -0.15) is 0 Å². The number of rotatable bonds is 8. The number of benzene rings is 6. The zero-order chi connectivity index (χ0) is 31.7. The van der Waals surface area contributed by atoms with Crippen molar-refractivity contribution >= 4 is 80.8 Å². The second-order valence-corrected chi connectivity index (χ2v) is 13.8. The molecule has 0 fully saturated rings. The first-order chi connectivity index (χ1) is 23.2. The predicted octanol–water partition coefficient (Wildman–Crippen LogP) is 12.8. The summed E-state index contributed by atoms with van der Waals surface area (Å²) < 4.78 is 3.79. The van der Waals surface area contributed by atoms with Gasteiger partial charge in [-0.25, -0.2) is 4.98 Å². The molecule has 0 saturated heterocycles. The Labute approximate surface area is 282 Å².